The van der Waals surface area contributed by atoms with Crippen LogP contribution in [0.4, 0.5) is 0 Å². The molecule has 0 spiro atoms. The van der Waals surface area contributed by atoms with Gasteiger partial charge >= 0.3 is 5.69 Å². The average molecular weight is 391 g/mol. The Bertz CT molecular complexity index is 989. The largest absolute Gasteiger partial charge is 0.347 e. The van der Waals surface area contributed by atoms with Crippen molar-refractivity contribution in [3.63, 3.8) is 0 Å². The summed E-state index contributed by atoms with van der Waals surface area (Å²) < 4.78 is 1.64. The van der Waals surface area contributed by atoms with E-state index < -0.39 is 0 Å². The van der Waals surface area contributed by atoms with Crippen molar-refractivity contribution in [2.45, 2.75) is 32.1 Å². The number of hydrogen-bond acceptors (Lipinski definition) is 4. The molecule has 29 heavy (non-hydrogen) atoms. The predicted octanol–water partition coefficient (Wildman–Crippen LogP) is 2.37. The van der Waals surface area contributed by atoms with Gasteiger partial charge in [-0.25, -0.2) is 14.5 Å². The lowest BCUT2D eigenvalue weighted by molar-refractivity contribution is -0.132. The summed E-state index contributed by atoms with van der Waals surface area (Å²) in [6.07, 6.45) is 7.38. The highest BCUT2D eigenvalue weighted by molar-refractivity contribution is 5.76. The molecule has 0 atom stereocenters. The lowest BCUT2D eigenvalue weighted by Gasteiger charge is -2.32. The number of carbonyl (C=O) groups is 1. The summed E-state index contributed by atoms with van der Waals surface area (Å²) in [7, 11) is 0. The van der Waals surface area contributed by atoms with Gasteiger partial charge in [0.15, 0.2) is 0 Å². The van der Waals surface area contributed by atoms with Gasteiger partial charge in [0.1, 0.15) is 5.82 Å². The minimum Gasteiger partial charge on any atom is -0.343 e. The number of aromatic nitrogens is 4. The molecule has 3 aromatic rings. The minimum absolute atomic E-state index is 0.202. The summed E-state index contributed by atoms with van der Waals surface area (Å²) in [6.45, 7) is 1.52. The lowest BCUT2D eigenvalue weighted by Crippen LogP contribution is -2.39. The van der Waals surface area contributed by atoms with E-state index in [9.17, 15) is 9.59 Å². The van der Waals surface area contributed by atoms with E-state index in [-0.39, 0.29) is 11.6 Å². The summed E-state index contributed by atoms with van der Waals surface area (Å²) in [6, 6.07) is 13.5. The highest BCUT2D eigenvalue weighted by atomic mass is 16.2. The number of piperidine rings is 1. The third-order valence-corrected chi connectivity index (χ3v) is 5.55. The molecule has 1 fully saturated rings. The Hall–Kier alpha value is -3.22. The quantitative estimate of drug-likeness (QED) is 0.699. The summed E-state index contributed by atoms with van der Waals surface area (Å²) in [5.74, 6) is 1.37. The molecule has 0 saturated carbocycles. The topological polar surface area (TPSA) is 83.9 Å². The molecule has 4 rings (SSSR count). The molecule has 1 aliphatic heterocycles. The van der Waals surface area contributed by atoms with Gasteiger partial charge in [-0.2, -0.15) is 5.10 Å². The summed E-state index contributed by atoms with van der Waals surface area (Å²) in [5, 5.41) is 6.81. The van der Waals surface area contributed by atoms with Crippen molar-refractivity contribution < 1.29 is 4.79 Å². The SMILES string of the molecule is O=C(CCc1cccnc1)N1CCC(Cc2n[nH]c(=O)n2-c2ccccc2)CC1. The zero-order valence-corrected chi connectivity index (χ0v) is 16.3. The van der Waals surface area contributed by atoms with E-state index in [0.29, 0.717) is 12.3 Å². The van der Waals surface area contributed by atoms with Crippen LogP contribution in [-0.2, 0) is 17.6 Å². The molecule has 1 saturated heterocycles. The molecular weight excluding hydrogens is 366 g/mol. The van der Waals surface area contributed by atoms with E-state index in [0.717, 1.165) is 55.8 Å². The maximum absolute atomic E-state index is 12.5. The monoisotopic (exact) mass is 391 g/mol. The zero-order valence-electron chi connectivity index (χ0n) is 16.3. The Morgan fingerprint density at radius 1 is 1.10 bits per heavy atom. The number of pyridine rings is 1. The number of benzene rings is 1. The number of nitrogens with one attached hydrogen (secondary N) is 1. The summed E-state index contributed by atoms with van der Waals surface area (Å²) in [4.78, 5) is 30.8. The molecule has 0 aliphatic carbocycles. The Labute approximate surface area is 169 Å². The molecule has 3 heterocycles. The van der Waals surface area contributed by atoms with Crippen molar-refractivity contribution in [2.24, 2.45) is 5.92 Å². The molecule has 1 aromatic carbocycles. The van der Waals surface area contributed by atoms with E-state index in [2.05, 4.69) is 15.2 Å². The second-order valence-electron chi connectivity index (χ2n) is 7.51. The number of likely N-dealkylation sites (tertiary alicyclic amines) is 1. The van der Waals surface area contributed by atoms with Crippen molar-refractivity contribution in [2.75, 3.05) is 13.1 Å². The van der Waals surface area contributed by atoms with E-state index in [1.807, 2.05) is 53.6 Å². The lowest BCUT2D eigenvalue weighted by atomic mass is 9.93. The van der Waals surface area contributed by atoms with Crippen LogP contribution in [-0.4, -0.2) is 43.6 Å². The Morgan fingerprint density at radius 2 is 1.90 bits per heavy atom. The van der Waals surface area contributed by atoms with Gasteiger partial charge in [0, 0.05) is 38.3 Å². The predicted molar refractivity (Wildman–Crippen MR) is 110 cm³/mol. The van der Waals surface area contributed by atoms with Gasteiger partial charge in [-0.3, -0.25) is 9.78 Å². The van der Waals surface area contributed by atoms with Crippen LogP contribution >= 0.6 is 0 Å². The first-order chi connectivity index (χ1) is 14.2. The standard InChI is InChI=1S/C22H25N5O2/c28-21(9-8-18-5-4-12-23-16-18)26-13-10-17(11-14-26)15-20-24-25-22(29)27(20)19-6-2-1-3-7-19/h1-7,12,16-17H,8-11,13-15H2,(H,25,29). The molecule has 0 bridgehead atoms. The van der Waals surface area contributed by atoms with Crippen LogP contribution in [0.15, 0.2) is 59.7 Å². The number of carbonyl (C=O) groups excluding carboxylic acids is 1. The average Bonchev–Trinajstić information content (AvgIpc) is 3.13. The molecule has 150 valence electrons. The Kier molecular flexibility index (Phi) is 5.84. The first-order valence-corrected chi connectivity index (χ1v) is 10.1. The van der Waals surface area contributed by atoms with Crippen LogP contribution in [0.3, 0.4) is 0 Å². The van der Waals surface area contributed by atoms with Crippen LogP contribution in [0, 0.1) is 5.92 Å². The fraction of sp³-hybridized carbons (Fsp3) is 0.364. The third kappa shape index (κ3) is 4.62. The fourth-order valence-electron chi connectivity index (χ4n) is 3.91. The van der Waals surface area contributed by atoms with E-state index in [1.165, 1.54) is 0 Å². The molecular formula is C22H25N5O2. The molecule has 0 radical (unpaired) electrons. The van der Waals surface area contributed by atoms with Crippen molar-refractivity contribution >= 4 is 5.91 Å². The van der Waals surface area contributed by atoms with Crippen molar-refractivity contribution in [3.8, 4) is 5.69 Å². The van der Waals surface area contributed by atoms with Crippen LogP contribution in [0.5, 0.6) is 0 Å². The van der Waals surface area contributed by atoms with Gasteiger partial charge in [-0.05, 0) is 48.9 Å². The third-order valence-electron chi connectivity index (χ3n) is 5.55. The van der Waals surface area contributed by atoms with Crippen molar-refractivity contribution in [1.29, 1.82) is 0 Å². The Morgan fingerprint density at radius 3 is 2.62 bits per heavy atom. The van der Waals surface area contributed by atoms with E-state index in [1.54, 1.807) is 10.8 Å². The van der Waals surface area contributed by atoms with Crippen LogP contribution in [0.2, 0.25) is 0 Å². The maximum Gasteiger partial charge on any atom is 0.347 e. The van der Waals surface area contributed by atoms with Crippen LogP contribution < -0.4 is 5.69 Å². The van der Waals surface area contributed by atoms with Gasteiger partial charge in [0.2, 0.25) is 5.91 Å². The number of hydrogen-bond donors (Lipinski definition) is 1. The first kappa shape index (κ1) is 19.1. The number of H-pyrrole nitrogens is 1. The smallest absolute Gasteiger partial charge is 0.343 e. The highest BCUT2D eigenvalue weighted by Gasteiger charge is 2.24. The molecule has 7 heteroatoms. The van der Waals surface area contributed by atoms with Gasteiger partial charge in [-0.1, -0.05) is 24.3 Å². The second-order valence-corrected chi connectivity index (χ2v) is 7.51. The van der Waals surface area contributed by atoms with Crippen LogP contribution in [0.25, 0.3) is 5.69 Å². The number of rotatable bonds is 6. The molecule has 1 N–H and O–H groups in total. The minimum atomic E-state index is -0.214. The fourth-order valence-corrected chi connectivity index (χ4v) is 3.91. The number of amides is 1. The normalized spacial score (nSPS) is 14.8. The summed E-state index contributed by atoms with van der Waals surface area (Å²) >= 11 is 0. The van der Waals surface area contributed by atoms with E-state index >= 15 is 0 Å². The number of aromatic amines is 1. The molecule has 7 nitrogen and oxygen atoms in total. The molecule has 2 aromatic heterocycles. The highest BCUT2D eigenvalue weighted by Crippen LogP contribution is 2.22. The van der Waals surface area contributed by atoms with Gasteiger partial charge < -0.3 is 4.90 Å². The Balaban J connectivity index is 1.32. The zero-order chi connectivity index (χ0) is 20.1. The number of nitrogens with zero attached hydrogens (tertiary/aromatic N) is 4. The first-order valence-electron chi connectivity index (χ1n) is 10.1. The van der Waals surface area contributed by atoms with Gasteiger partial charge in [0.05, 0.1) is 5.69 Å². The van der Waals surface area contributed by atoms with Crippen molar-refractivity contribution in [3.05, 3.63) is 76.7 Å². The summed E-state index contributed by atoms with van der Waals surface area (Å²) in [5.41, 5.74) is 1.70. The van der Waals surface area contributed by atoms with E-state index in [4.69, 9.17) is 0 Å². The maximum atomic E-state index is 12.5. The number of aryl methyl sites for hydroxylation is 1. The van der Waals surface area contributed by atoms with Gasteiger partial charge in [-0.15, -0.1) is 0 Å². The van der Waals surface area contributed by atoms with Crippen LogP contribution in [0.1, 0.15) is 30.7 Å². The number of para-hydroxylation sites is 1. The molecule has 1 amide bonds. The van der Waals surface area contributed by atoms with Gasteiger partial charge in [0.25, 0.3) is 0 Å². The second kappa shape index (κ2) is 8.86. The molecule has 1 aliphatic rings. The molecule has 0 unspecified atom stereocenters. The van der Waals surface area contributed by atoms with Crippen molar-refractivity contribution in [1.82, 2.24) is 24.6 Å².